The maximum absolute atomic E-state index is 12.3. The maximum atomic E-state index is 12.3. The van der Waals surface area contributed by atoms with E-state index in [0.29, 0.717) is 22.9 Å². The van der Waals surface area contributed by atoms with Crippen molar-refractivity contribution in [3.05, 3.63) is 84.4 Å². The molecule has 0 fully saturated rings. The number of hydrogen-bond donors (Lipinski definition) is 3. The summed E-state index contributed by atoms with van der Waals surface area (Å²) in [6.07, 6.45) is -1.02. The third-order valence-corrected chi connectivity index (χ3v) is 4.14. The molecule has 0 aliphatic heterocycles. The lowest BCUT2D eigenvalue weighted by Gasteiger charge is -2.14. The Morgan fingerprint density at radius 3 is 1.94 bits per heavy atom. The van der Waals surface area contributed by atoms with Gasteiger partial charge in [-0.2, -0.15) is 0 Å². The first-order valence-electron chi connectivity index (χ1n) is 9.42. The number of ether oxygens (including phenoxy) is 2. The Hall–Kier alpha value is -4.33. The topological polar surface area (TPSA) is 120 Å². The summed E-state index contributed by atoms with van der Waals surface area (Å²) in [5, 5.41) is 5.08. The molecule has 0 bridgehead atoms. The minimum absolute atomic E-state index is 0.233. The lowest BCUT2D eigenvalue weighted by molar-refractivity contribution is -0.123. The number of carbonyl (C=O) groups excluding carboxylic acids is 3. The second kappa shape index (κ2) is 9.93. The highest BCUT2D eigenvalue weighted by Gasteiger charge is 2.19. The number of esters is 1. The van der Waals surface area contributed by atoms with Crippen molar-refractivity contribution in [3.8, 4) is 11.5 Å². The number of benzene rings is 3. The summed E-state index contributed by atoms with van der Waals surface area (Å²) in [5.74, 6) is 0.188. The fourth-order valence-electron chi connectivity index (χ4n) is 2.59. The van der Waals surface area contributed by atoms with Crippen molar-refractivity contribution in [3.63, 3.8) is 0 Å². The molecule has 0 spiro atoms. The molecule has 31 heavy (non-hydrogen) atoms. The summed E-state index contributed by atoms with van der Waals surface area (Å²) >= 11 is 0. The van der Waals surface area contributed by atoms with Gasteiger partial charge < -0.3 is 25.8 Å². The van der Waals surface area contributed by atoms with Crippen molar-refractivity contribution in [2.75, 3.05) is 10.6 Å². The summed E-state index contributed by atoms with van der Waals surface area (Å²) in [6.45, 7) is 1.48. The Morgan fingerprint density at radius 1 is 0.774 bits per heavy atom. The molecule has 0 aliphatic carbocycles. The molecular weight excluding hydrogens is 398 g/mol. The van der Waals surface area contributed by atoms with E-state index in [4.69, 9.17) is 15.2 Å². The second-order valence-electron chi connectivity index (χ2n) is 6.54. The summed E-state index contributed by atoms with van der Waals surface area (Å²) in [4.78, 5) is 35.4. The largest absolute Gasteiger partial charge is 0.457 e. The zero-order valence-corrected chi connectivity index (χ0v) is 16.7. The third-order valence-electron chi connectivity index (χ3n) is 4.14. The van der Waals surface area contributed by atoms with Crippen LogP contribution in [0.5, 0.6) is 11.5 Å². The van der Waals surface area contributed by atoms with Gasteiger partial charge in [0.1, 0.15) is 11.5 Å². The minimum atomic E-state index is -1.02. The van der Waals surface area contributed by atoms with E-state index < -0.39 is 24.0 Å². The molecule has 8 nitrogen and oxygen atoms in total. The van der Waals surface area contributed by atoms with Gasteiger partial charge in [-0.25, -0.2) is 9.59 Å². The van der Waals surface area contributed by atoms with Gasteiger partial charge in [-0.15, -0.1) is 0 Å². The van der Waals surface area contributed by atoms with Gasteiger partial charge in [0, 0.05) is 11.4 Å². The van der Waals surface area contributed by atoms with Crippen LogP contribution in [0.3, 0.4) is 0 Å². The van der Waals surface area contributed by atoms with Crippen LogP contribution in [0.25, 0.3) is 0 Å². The molecule has 3 amide bonds. The maximum Gasteiger partial charge on any atom is 0.338 e. The molecule has 158 valence electrons. The Kier molecular flexibility index (Phi) is 6.85. The summed E-state index contributed by atoms with van der Waals surface area (Å²) in [6, 6.07) is 21.4. The van der Waals surface area contributed by atoms with Crippen LogP contribution in [0.15, 0.2) is 78.9 Å². The minimum Gasteiger partial charge on any atom is -0.457 e. The first-order valence-corrected chi connectivity index (χ1v) is 9.42. The molecule has 3 aromatic rings. The number of rotatable bonds is 7. The lowest BCUT2D eigenvalue weighted by atomic mass is 10.2. The van der Waals surface area contributed by atoms with E-state index in [2.05, 4.69) is 10.6 Å². The first-order chi connectivity index (χ1) is 14.9. The molecule has 0 unspecified atom stereocenters. The third kappa shape index (κ3) is 6.33. The zero-order valence-electron chi connectivity index (χ0n) is 16.7. The van der Waals surface area contributed by atoms with Gasteiger partial charge >= 0.3 is 12.0 Å². The zero-order chi connectivity index (χ0) is 22.2. The average Bonchev–Trinajstić information content (AvgIpc) is 2.76. The summed E-state index contributed by atoms with van der Waals surface area (Å²) in [5.41, 5.74) is 6.24. The molecule has 0 saturated carbocycles. The monoisotopic (exact) mass is 419 g/mol. The number of urea groups is 1. The Morgan fingerprint density at radius 2 is 1.32 bits per heavy atom. The second-order valence-corrected chi connectivity index (χ2v) is 6.54. The van der Waals surface area contributed by atoms with Crippen LogP contribution >= 0.6 is 0 Å². The van der Waals surface area contributed by atoms with E-state index in [1.165, 1.54) is 31.2 Å². The van der Waals surface area contributed by atoms with Crippen LogP contribution < -0.4 is 21.1 Å². The smallest absolute Gasteiger partial charge is 0.338 e. The van der Waals surface area contributed by atoms with Gasteiger partial charge in [-0.05, 0) is 67.6 Å². The van der Waals surface area contributed by atoms with Gasteiger partial charge in [-0.1, -0.05) is 18.2 Å². The van der Waals surface area contributed by atoms with Crippen LogP contribution in [-0.4, -0.2) is 24.0 Å². The summed E-state index contributed by atoms with van der Waals surface area (Å²) < 4.78 is 10.9. The van der Waals surface area contributed by atoms with Crippen molar-refractivity contribution < 1.29 is 23.9 Å². The van der Waals surface area contributed by atoms with Crippen molar-refractivity contribution in [1.29, 1.82) is 0 Å². The fraction of sp³-hybridized carbons (Fsp3) is 0.0870. The summed E-state index contributed by atoms with van der Waals surface area (Å²) in [7, 11) is 0. The van der Waals surface area contributed by atoms with E-state index >= 15 is 0 Å². The Labute approximate surface area is 179 Å². The predicted molar refractivity (Wildman–Crippen MR) is 116 cm³/mol. The van der Waals surface area contributed by atoms with E-state index in [1.54, 1.807) is 24.3 Å². The normalized spacial score (nSPS) is 11.1. The highest BCUT2D eigenvalue weighted by Crippen LogP contribution is 2.22. The number of nitrogens with two attached hydrogens (primary N) is 1. The molecular formula is C23H21N3O5. The highest BCUT2D eigenvalue weighted by molar-refractivity contribution is 5.97. The van der Waals surface area contributed by atoms with Gasteiger partial charge in [0.15, 0.2) is 6.10 Å². The van der Waals surface area contributed by atoms with Crippen molar-refractivity contribution in [2.24, 2.45) is 5.73 Å². The lowest BCUT2D eigenvalue weighted by Crippen LogP contribution is -2.30. The van der Waals surface area contributed by atoms with Gasteiger partial charge in [0.25, 0.3) is 5.91 Å². The molecule has 0 heterocycles. The number of nitrogens with one attached hydrogen (secondary N) is 2. The first kappa shape index (κ1) is 21.4. The molecule has 3 aromatic carbocycles. The van der Waals surface area contributed by atoms with Crippen LogP contribution in [0, 0.1) is 0 Å². The van der Waals surface area contributed by atoms with Crippen LogP contribution in [0.4, 0.5) is 16.2 Å². The van der Waals surface area contributed by atoms with Gasteiger partial charge in [-0.3, -0.25) is 4.79 Å². The molecule has 4 N–H and O–H groups in total. The Balaban J connectivity index is 1.52. The highest BCUT2D eigenvalue weighted by atomic mass is 16.5. The molecule has 0 radical (unpaired) electrons. The van der Waals surface area contributed by atoms with E-state index in [9.17, 15) is 14.4 Å². The van der Waals surface area contributed by atoms with Crippen molar-refractivity contribution in [1.82, 2.24) is 0 Å². The van der Waals surface area contributed by atoms with Gasteiger partial charge in [0.05, 0.1) is 5.56 Å². The Bertz CT molecular complexity index is 1050. The van der Waals surface area contributed by atoms with Crippen molar-refractivity contribution in [2.45, 2.75) is 13.0 Å². The predicted octanol–water partition coefficient (Wildman–Crippen LogP) is 4.15. The van der Waals surface area contributed by atoms with Gasteiger partial charge in [0.2, 0.25) is 0 Å². The molecule has 8 heteroatoms. The SMILES string of the molecule is C[C@H](OC(=O)c1ccc(NC(N)=O)cc1)C(=O)Nc1ccc(Oc2ccccc2)cc1. The fourth-order valence-corrected chi connectivity index (χ4v) is 2.59. The molecule has 3 rings (SSSR count). The van der Waals surface area contributed by atoms with Crippen molar-refractivity contribution >= 4 is 29.3 Å². The molecule has 0 aromatic heterocycles. The van der Waals surface area contributed by atoms with Crippen LogP contribution in [-0.2, 0) is 9.53 Å². The number of hydrogen-bond acceptors (Lipinski definition) is 5. The van der Waals surface area contributed by atoms with E-state index in [0.717, 1.165) is 0 Å². The quantitative estimate of drug-likeness (QED) is 0.497. The number of carbonyl (C=O) groups is 3. The van der Waals surface area contributed by atoms with E-state index in [1.807, 2.05) is 30.3 Å². The standard InChI is InChI=1S/C23H21N3O5/c1-15(30-22(28)16-7-9-18(10-8-16)26-23(24)29)21(27)25-17-11-13-20(14-12-17)31-19-5-3-2-4-6-19/h2-15H,1H3,(H,25,27)(H3,24,26,29)/t15-/m0/s1. The number of para-hydroxylation sites is 1. The number of primary amides is 1. The molecule has 0 saturated heterocycles. The molecule has 1 atom stereocenters. The number of anilines is 2. The average molecular weight is 419 g/mol. The van der Waals surface area contributed by atoms with Crippen LogP contribution in [0.1, 0.15) is 17.3 Å². The molecule has 0 aliphatic rings. The van der Waals surface area contributed by atoms with Crippen LogP contribution in [0.2, 0.25) is 0 Å². The van der Waals surface area contributed by atoms with E-state index in [-0.39, 0.29) is 5.56 Å². The number of amides is 3.